The highest BCUT2D eigenvalue weighted by Gasteiger charge is 2.25. The van der Waals surface area contributed by atoms with Crippen LogP contribution in [0.5, 0.6) is 0 Å². The minimum absolute atomic E-state index is 0.245. The number of amides is 1. The highest BCUT2D eigenvalue weighted by molar-refractivity contribution is 5.97. The normalized spacial score (nSPS) is 9.80. The van der Waals surface area contributed by atoms with Crippen LogP contribution in [0.4, 0.5) is 10.1 Å². The van der Waals surface area contributed by atoms with Crippen molar-refractivity contribution >= 4 is 11.6 Å². The molecule has 5 nitrogen and oxygen atoms in total. The van der Waals surface area contributed by atoms with E-state index in [0.717, 1.165) is 11.0 Å². The minimum Gasteiger partial charge on any atom is -0.345 e. The van der Waals surface area contributed by atoms with Gasteiger partial charge in [0, 0.05) is 14.1 Å². The first-order valence-corrected chi connectivity index (χ1v) is 4.09. The molecule has 80 valence electrons. The van der Waals surface area contributed by atoms with Crippen LogP contribution in [0.15, 0.2) is 18.2 Å². The summed E-state index contributed by atoms with van der Waals surface area (Å²) in [5.41, 5.74) is -1.03. The predicted molar refractivity (Wildman–Crippen MR) is 51.1 cm³/mol. The highest BCUT2D eigenvalue weighted by Crippen LogP contribution is 2.22. The summed E-state index contributed by atoms with van der Waals surface area (Å²) in [4.78, 5) is 22.3. The number of hydrogen-bond acceptors (Lipinski definition) is 3. The van der Waals surface area contributed by atoms with Crippen LogP contribution in [-0.4, -0.2) is 29.8 Å². The molecule has 0 atom stereocenters. The number of nitrogens with zero attached hydrogens (tertiary/aromatic N) is 2. The van der Waals surface area contributed by atoms with Gasteiger partial charge in [0.25, 0.3) is 5.91 Å². The maximum atomic E-state index is 13.1. The molecule has 0 saturated heterocycles. The van der Waals surface area contributed by atoms with Crippen molar-refractivity contribution in [2.75, 3.05) is 14.1 Å². The van der Waals surface area contributed by atoms with Gasteiger partial charge in [0.1, 0.15) is 5.56 Å². The fraction of sp³-hybridized carbons (Fsp3) is 0.222. The van der Waals surface area contributed by atoms with E-state index < -0.39 is 22.3 Å². The second kappa shape index (κ2) is 4.04. The third-order valence-corrected chi connectivity index (χ3v) is 1.81. The Labute approximate surface area is 85.3 Å². The van der Waals surface area contributed by atoms with E-state index >= 15 is 0 Å². The number of hydrogen-bond donors (Lipinski definition) is 0. The van der Waals surface area contributed by atoms with Crippen LogP contribution in [-0.2, 0) is 0 Å². The van der Waals surface area contributed by atoms with Gasteiger partial charge in [-0.15, -0.1) is 0 Å². The van der Waals surface area contributed by atoms with Crippen molar-refractivity contribution in [1.29, 1.82) is 0 Å². The van der Waals surface area contributed by atoms with E-state index in [4.69, 9.17) is 0 Å². The fourth-order valence-corrected chi connectivity index (χ4v) is 1.11. The first-order chi connectivity index (χ1) is 6.95. The van der Waals surface area contributed by atoms with Gasteiger partial charge < -0.3 is 4.90 Å². The third kappa shape index (κ3) is 2.09. The van der Waals surface area contributed by atoms with Crippen LogP contribution >= 0.6 is 0 Å². The van der Waals surface area contributed by atoms with Gasteiger partial charge in [-0.25, -0.2) is 0 Å². The molecule has 0 radical (unpaired) electrons. The summed E-state index contributed by atoms with van der Waals surface area (Å²) < 4.78 is 13.1. The molecule has 0 N–H and O–H groups in total. The summed E-state index contributed by atoms with van der Waals surface area (Å²) in [5.74, 6) is -1.60. The van der Waals surface area contributed by atoms with Crippen molar-refractivity contribution in [3.05, 3.63) is 39.7 Å². The molecule has 0 spiro atoms. The molecule has 0 heterocycles. The Morgan fingerprint density at radius 2 is 2.07 bits per heavy atom. The van der Waals surface area contributed by atoms with Gasteiger partial charge in [-0.1, -0.05) is 6.07 Å². The second-order valence-corrected chi connectivity index (χ2v) is 3.09. The monoisotopic (exact) mass is 212 g/mol. The highest BCUT2D eigenvalue weighted by atomic mass is 19.1. The molecule has 0 saturated carbocycles. The molecule has 1 amide bonds. The van der Waals surface area contributed by atoms with Crippen molar-refractivity contribution in [3.8, 4) is 0 Å². The first kappa shape index (κ1) is 11.1. The lowest BCUT2D eigenvalue weighted by Gasteiger charge is -2.10. The largest absolute Gasteiger partial charge is 0.345 e. The number of carbonyl (C=O) groups excluding carboxylic acids is 1. The number of nitro benzene ring substituents is 1. The maximum absolute atomic E-state index is 13.1. The summed E-state index contributed by atoms with van der Waals surface area (Å²) in [7, 11) is 2.88. The topological polar surface area (TPSA) is 63.5 Å². The van der Waals surface area contributed by atoms with Gasteiger partial charge >= 0.3 is 5.69 Å². The molecule has 15 heavy (non-hydrogen) atoms. The zero-order chi connectivity index (χ0) is 11.6. The quantitative estimate of drug-likeness (QED) is 0.550. The zero-order valence-corrected chi connectivity index (χ0v) is 8.23. The average molecular weight is 212 g/mol. The molecule has 0 fully saturated rings. The Kier molecular flexibility index (Phi) is 2.99. The number of benzene rings is 1. The van der Waals surface area contributed by atoms with Gasteiger partial charge in [0.2, 0.25) is 5.82 Å². The number of carbonyl (C=O) groups is 1. The first-order valence-electron chi connectivity index (χ1n) is 4.09. The van der Waals surface area contributed by atoms with E-state index in [9.17, 15) is 19.3 Å². The number of rotatable bonds is 2. The van der Waals surface area contributed by atoms with E-state index in [-0.39, 0.29) is 5.56 Å². The molecule has 0 aliphatic rings. The number of halogens is 1. The SMILES string of the molecule is CN(C)C(=O)c1cccc(F)c1[N+](=O)[O-]. The van der Waals surface area contributed by atoms with Gasteiger partial charge in [-0.05, 0) is 12.1 Å². The Morgan fingerprint density at radius 1 is 1.47 bits per heavy atom. The van der Waals surface area contributed by atoms with Crippen LogP contribution < -0.4 is 0 Å². The van der Waals surface area contributed by atoms with E-state index in [2.05, 4.69) is 0 Å². The molecule has 0 aliphatic heterocycles. The van der Waals surface area contributed by atoms with E-state index in [1.807, 2.05) is 0 Å². The fourth-order valence-electron chi connectivity index (χ4n) is 1.11. The standard InChI is InChI=1S/C9H9FN2O3/c1-11(2)9(13)6-4-3-5-7(10)8(6)12(14)15/h3-5H,1-2H3. The summed E-state index contributed by atoms with van der Waals surface area (Å²) >= 11 is 0. The summed E-state index contributed by atoms with van der Waals surface area (Å²) in [6, 6.07) is 3.44. The lowest BCUT2D eigenvalue weighted by molar-refractivity contribution is -0.387. The Balaban J connectivity index is 3.35. The zero-order valence-electron chi connectivity index (χ0n) is 8.23. The maximum Gasteiger partial charge on any atom is 0.317 e. The molecule has 0 bridgehead atoms. The van der Waals surface area contributed by atoms with Crippen LogP contribution in [0, 0.1) is 15.9 Å². The van der Waals surface area contributed by atoms with Crippen LogP contribution in [0.25, 0.3) is 0 Å². The predicted octanol–water partition coefficient (Wildman–Crippen LogP) is 1.44. The minimum atomic E-state index is -1.01. The van der Waals surface area contributed by atoms with E-state index in [0.29, 0.717) is 0 Å². The van der Waals surface area contributed by atoms with Crippen LogP contribution in [0.2, 0.25) is 0 Å². The molecule has 0 unspecified atom stereocenters. The molecule has 0 aliphatic carbocycles. The molecule has 1 aromatic rings. The number of nitro groups is 1. The Hall–Kier alpha value is -1.98. The van der Waals surface area contributed by atoms with Gasteiger partial charge in [-0.3, -0.25) is 14.9 Å². The van der Waals surface area contributed by atoms with Gasteiger partial charge in [-0.2, -0.15) is 4.39 Å². The summed E-state index contributed by atoms with van der Waals surface area (Å²) in [6.07, 6.45) is 0. The van der Waals surface area contributed by atoms with E-state index in [1.54, 1.807) is 0 Å². The smallest absolute Gasteiger partial charge is 0.317 e. The van der Waals surface area contributed by atoms with Crippen molar-refractivity contribution in [2.24, 2.45) is 0 Å². The molecular formula is C9H9FN2O3. The third-order valence-electron chi connectivity index (χ3n) is 1.81. The molecule has 6 heteroatoms. The van der Waals surface area contributed by atoms with Crippen molar-refractivity contribution in [1.82, 2.24) is 4.90 Å². The Bertz CT molecular complexity index is 418. The average Bonchev–Trinajstić information content (AvgIpc) is 2.15. The van der Waals surface area contributed by atoms with Crippen molar-refractivity contribution in [3.63, 3.8) is 0 Å². The summed E-state index contributed by atoms with van der Waals surface area (Å²) in [5, 5.41) is 10.6. The molecular weight excluding hydrogens is 203 g/mol. The lowest BCUT2D eigenvalue weighted by atomic mass is 10.1. The molecule has 1 aromatic carbocycles. The van der Waals surface area contributed by atoms with Crippen molar-refractivity contribution in [2.45, 2.75) is 0 Å². The van der Waals surface area contributed by atoms with Crippen molar-refractivity contribution < 1.29 is 14.1 Å². The van der Waals surface area contributed by atoms with E-state index in [1.165, 1.54) is 26.2 Å². The van der Waals surface area contributed by atoms with Crippen LogP contribution in [0.3, 0.4) is 0 Å². The second-order valence-electron chi connectivity index (χ2n) is 3.09. The summed E-state index contributed by atoms with van der Waals surface area (Å²) in [6.45, 7) is 0. The number of para-hydroxylation sites is 1. The molecule has 1 rings (SSSR count). The van der Waals surface area contributed by atoms with Gasteiger partial charge in [0.05, 0.1) is 4.92 Å². The molecule has 0 aromatic heterocycles. The van der Waals surface area contributed by atoms with Gasteiger partial charge in [0.15, 0.2) is 0 Å². The lowest BCUT2D eigenvalue weighted by Crippen LogP contribution is -2.23. The van der Waals surface area contributed by atoms with Crippen LogP contribution in [0.1, 0.15) is 10.4 Å². The Morgan fingerprint density at radius 3 is 2.53 bits per heavy atom.